The zero-order valence-electron chi connectivity index (χ0n) is 21.0. The Kier molecular flexibility index (Phi) is 10.8. The van der Waals surface area contributed by atoms with E-state index < -0.39 is 5.82 Å². The summed E-state index contributed by atoms with van der Waals surface area (Å²) in [5, 5.41) is 16.1. The molecule has 0 spiro atoms. The Bertz CT molecular complexity index is 1040. The first kappa shape index (κ1) is 27.1. The van der Waals surface area contributed by atoms with Crippen molar-refractivity contribution >= 4 is 17.6 Å². The number of nitrogen functional groups attached to an aromatic ring is 1. The Morgan fingerprint density at radius 1 is 1.24 bits per heavy atom. The highest BCUT2D eigenvalue weighted by atomic mass is 19.1. The molecule has 2 aromatic rings. The first-order valence-corrected chi connectivity index (χ1v) is 12.0. The molecule has 34 heavy (non-hydrogen) atoms. The van der Waals surface area contributed by atoms with Gasteiger partial charge in [0.1, 0.15) is 11.9 Å². The van der Waals surface area contributed by atoms with Gasteiger partial charge in [-0.1, -0.05) is 58.0 Å². The molecule has 4 N–H and O–H groups in total. The molecule has 2 rings (SSSR count). The minimum absolute atomic E-state index is 0.0561. The van der Waals surface area contributed by atoms with E-state index >= 15 is 0 Å². The van der Waals surface area contributed by atoms with Crippen LogP contribution in [0.1, 0.15) is 56.7 Å². The molecule has 2 unspecified atom stereocenters. The zero-order chi connectivity index (χ0) is 25.1. The van der Waals surface area contributed by atoms with E-state index in [0.717, 1.165) is 31.0 Å². The quantitative estimate of drug-likeness (QED) is 0.279. The summed E-state index contributed by atoms with van der Waals surface area (Å²) in [5.41, 5.74) is 10.7. The van der Waals surface area contributed by atoms with Crippen LogP contribution < -0.4 is 16.4 Å². The van der Waals surface area contributed by atoms with Crippen molar-refractivity contribution in [3.63, 3.8) is 0 Å². The van der Waals surface area contributed by atoms with Crippen LogP contribution in [0, 0.1) is 23.1 Å². The van der Waals surface area contributed by atoms with Crippen LogP contribution in [0.2, 0.25) is 0 Å². The van der Waals surface area contributed by atoms with E-state index in [1.54, 1.807) is 7.05 Å². The van der Waals surface area contributed by atoms with Gasteiger partial charge in [0.15, 0.2) is 0 Å². The van der Waals surface area contributed by atoms with Gasteiger partial charge in [-0.05, 0) is 53.5 Å². The molecule has 0 aliphatic rings. The first-order chi connectivity index (χ1) is 16.3. The first-order valence-electron chi connectivity index (χ1n) is 12.0. The highest BCUT2D eigenvalue weighted by molar-refractivity contribution is 5.80. The molecule has 0 aromatic heterocycles. The van der Waals surface area contributed by atoms with Crippen molar-refractivity contribution < 1.29 is 4.39 Å². The van der Waals surface area contributed by atoms with E-state index in [2.05, 4.69) is 73.7 Å². The summed E-state index contributed by atoms with van der Waals surface area (Å²) in [6.45, 7) is 10.1. The highest BCUT2D eigenvalue weighted by Gasteiger charge is 2.16. The third kappa shape index (κ3) is 8.00. The van der Waals surface area contributed by atoms with Crippen LogP contribution in [0.4, 0.5) is 15.8 Å². The zero-order valence-corrected chi connectivity index (χ0v) is 21.0. The number of nitrogens with one attached hydrogen (secondary N) is 2. The predicted octanol–water partition coefficient (Wildman–Crippen LogP) is 5.69. The molecule has 6 heteroatoms. The summed E-state index contributed by atoms with van der Waals surface area (Å²) in [6.07, 6.45) is 5.89. The van der Waals surface area contributed by atoms with Crippen molar-refractivity contribution in [2.24, 2.45) is 10.9 Å². The number of halogens is 1. The van der Waals surface area contributed by atoms with Gasteiger partial charge in [0, 0.05) is 32.4 Å². The van der Waals surface area contributed by atoms with E-state index in [0.29, 0.717) is 24.1 Å². The van der Waals surface area contributed by atoms with Crippen LogP contribution in [-0.2, 0) is 6.42 Å². The van der Waals surface area contributed by atoms with E-state index in [9.17, 15) is 9.65 Å². The molecular weight excluding hydrogens is 425 g/mol. The van der Waals surface area contributed by atoms with E-state index in [-0.39, 0.29) is 17.3 Å². The molecule has 182 valence electrons. The molecule has 2 atom stereocenters. The maximum absolute atomic E-state index is 13.9. The summed E-state index contributed by atoms with van der Waals surface area (Å²) < 4.78 is 13.9. The number of nitrogens with two attached hydrogens (primary N) is 1. The second kappa shape index (κ2) is 13.5. The van der Waals surface area contributed by atoms with E-state index in [1.165, 1.54) is 17.2 Å². The maximum Gasteiger partial charge on any atom is 0.126 e. The number of allylic oxidation sites excluding steroid dienone is 1. The fourth-order valence-electron chi connectivity index (χ4n) is 3.93. The Balaban J connectivity index is 2.16. The maximum atomic E-state index is 13.9. The number of benzene rings is 2. The molecule has 0 saturated heterocycles. The molecule has 5 nitrogen and oxygen atoms in total. The minimum Gasteiger partial charge on any atom is -0.396 e. The number of anilines is 2. The van der Waals surface area contributed by atoms with Crippen molar-refractivity contribution in [3.8, 4) is 6.07 Å². The van der Waals surface area contributed by atoms with Crippen molar-refractivity contribution in [2.45, 2.75) is 52.5 Å². The van der Waals surface area contributed by atoms with E-state index in [1.807, 2.05) is 12.3 Å². The fourth-order valence-corrected chi connectivity index (χ4v) is 3.93. The van der Waals surface area contributed by atoms with Crippen molar-refractivity contribution in [1.82, 2.24) is 5.32 Å². The average Bonchev–Trinajstić information content (AvgIpc) is 2.82. The lowest BCUT2D eigenvalue weighted by Crippen LogP contribution is -2.36. The van der Waals surface area contributed by atoms with Gasteiger partial charge in [-0.3, -0.25) is 4.99 Å². The van der Waals surface area contributed by atoms with Gasteiger partial charge in [0.2, 0.25) is 0 Å². The number of aryl methyl sites for hydroxylation is 1. The fraction of sp³-hybridized carbons (Fsp3) is 0.429. The molecule has 0 aliphatic heterocycles. The number of nitrogens with zero attached hydrogens (tertiary/aromatic N) is 2. The van der Waals surface area contributed by atoms with Crippen LogP contribution >= 0.6 is 0 Å². The van der Waals surface area contributed by atoms with Gasteiger partial charge in [-0.2, -0.15) is 5.26 Å². The molecule has 0 fully saturated rings. The van der Waals surface area contributed by atoms with Gasteiger partial charge < -0.3 is 16.4 Å². The lowest BCUT2D eigenvalue weighted by Gasteiger charge is -2.24. The predicted molar refractivity (Wildman–Crippen MR) is 142 cm³/mol. The second-order valence-corrected chi connectivity index (χ2v) is 9.00. The smallest absolute Gasteiger partial charge is 0.126 e. The summed E-state index contributed by atoms with van der Waals surface area (Å²) in [7, 11) is 1.78. The van der Waals surface area contributed by atoms with Crippen molar-refractivity contribution in [2.75, 3.05) is 31.2 Å². The van der Waals surface area contributed by atoms with Gasteiger partial charge in [-0.15, -0.1) is 0 Å². The van der Waals surface area contributed by atoms with Crippen molar-refractivity contribution in [3.05, 3.63) is 70.6 Å². The molecule has 0 amide bonds. The van der Waals surface area contributed by atoms with E-state index in [4.69, 9.17) is 5.73 Å². The standard InChI is InChI=1S/C28H38FN5/c1-6-21-8-7-9-22(13-21)20(4)17-34-26(24(18-32-5)12-19(2)3)10-11-33-27-15-25(29)14-23(16-30)28(27)31/h7-9,12-15,18-20,26,33-34H,6,10-11,17,31H2,1-5H3/b24-12+,32-18?. The second-order valence-electron chi connectivity index (χ2n) is 9.00. The molecule has 0 aliphatic carbocycles. The van der Waals surface area contributed by atoms with Crippen LogP contribution in [-0.4, -0.2) is 32.4 Å². The van der Waals surface area contributed by atoms with Crippen LogP contribution in [0.15, 0.2) is 53.0 Å². The van der Waals surface area contributed by atoms with Crippen LogP contribution in [0.25, 0.3) is 0 Å². The number of nitriles is 1. The summed E-state index contributed by atoms with van der Waals surface area (Å²) in [6, 6.07) is 13.2. The van der Waals surface area contributed by atoms with Crippen LogP contribution in [0.5, 0.6) is 0 Å². The topological polar surface area (TPSA) is 86.2 Å². The normalized spacial score (nSPS) is 13.8. The van der Waals surface area contributed by atoms with Gasteiger partial charge in [0.25, 0.3) is 0 Å². The van der Waals surface area contributed by atoms with Crippen LogP contribution in [0.3, 0.4) is 0 Å². The number of hydrogen-bond acceptors (Lipinski definition) is 5. The van der Waals surface area contributed by atoms with Gasteiger partial charge in [0.05, 0.1) is 16.9 Å². The Morgan fingerprint density at radius 2 is 2.00 bits per heavy atom. The third-order valence-electron chi connectivity index (χ3n) is 5.82. The SMILES string of the molecule is CCc1cccc(C(C)CNC(CCNc2cc(F)cc(C#N)c2N)/C(C=NC)=C/C(C)C)c1. The summed E-state index contributed by atoms with van der Waals surface area (Å²) >= 11 is 0. The monoisotopic (exact) mass is 463 g/mol. The molecule has 0 radical (unpaired) electrons. The molecule has 0 bridgehead atoms. The number of rotatable bonds is 12. The van der Waals surface area contributed by atoms with Gasteiger partial charge in [-0.25, -0.2) is 4.39 Å². The lowest BCUT2D eigenvalue weighted by molar-refractivity contribution is 0.525. The summed E-state index contributed by atoms with van der Waals surface area (Å²) in [5.74, 6) is 0.239. The minimum atomic E-state index is -0.482. The Morgan fingerprint density at radius 3 is 2.65 bits per heavy atom. The largest absolute Gasteiger partial charge is 0.396 e. The average molecular weight is 464 g/mol. The molecule has 0 saturated carbocycles. The molecule has 2 aromatic carbocycles. The lowest BCUT2D eigenvalue weighted by atomic mass is 9.96. The summed E-state index contributed by atoms with van der Waals surface area (Å²) in [4.78, 5) is 4.27. The number of aliphatic imine (C=N–C) groups is 1. The highest BCUT2D eigenvalue weighted by Crippen LogP contribution is 2.24. The Labute approximate surface area is 204 Å². The Hall–Kier alpha value is -3.17. The molecule has 0 heterocycles. The van der Waals surface area contributed by atoms with Gasteiger partial charge >= 0.3 is 0 Å². The third-order valence-corrected chi connectivity index (χ3v) is 5.82. The number of hydrogen-bond donors (Lipinski definition) is 3. The van der Waals surface area contributed by atoms with Crippen molar-refractivity contribution in [1.29, 1.82) is 5.26 Å². The molecular formula is C28H38FN5.